The predicted octanol–water partition coefficient (Wildman–Crippen LogP) is 1.05. The van der Waals surface area contributed by atoms with Crippen molar-refractivity contribution < 1.29 is 5.11 Å². The number of piperazine rings is 1. The summed E-state index contributed by atoms with van der Waals surface area (Å²) in [4.78, 5) is 5.31. The molecule has 0 aromatic heterocycles. The Morgan fingerprint density at radius 2 is 2.05 bits per heavy atom. The van der Waals surface area contributed by atoms with Crippen LogP contribution in [0.4, 0.5) is 0 Å². The third kappa shape index (κ3) is 3.35. The summed E-state index contributed by atoms with van der Waals surface area (Å²) in [6, 6.07) is 2.01. The van der Waals surface area contributed by atoms with Crippen LogP contribution >= 0.6 is 0 Å². The molecule has 1 aliphatic carbocycles. The standard InChI is InChI=1S/C16H31N3O/c1-13(10-16(2,12-20)17-14-5-6-14)19-9-8-18-7-3-4-15(18)11-19/h13-15,17,20H,3-12H2,1-2H3. The second-order valence-electron chi connectivity index (χ2n) is 7.52. The summed E-state index contributed by atoms with van der Waals surface area (Å²) in [5.74, 6) is 0. The monoisotopic (exact) mass is 281 g/mol. The van der Waals surface area contributed by atoms with E-state index in [0.717, 1.165) is 12.5 Å². The Bertz CT molecular complexity index is 334. The van der Waals surface area contributed by atoms with Gasteiger partial charge in [-0.05, 0) is 52.5 Å². The van der Waals surface area contributed by atoms with Crippen molar-refractivity contribution in [3.63, 3.8) is 0 Å². The molecule has 3 atom stereocenters. The van der Waals surface area contributed by atoms with Gasteiger partial charge in [-0.2, -0.15) is 0 Å². The summed E-state index contributed by atoms with van der Waals surface area (Å²) in [5, 5.41) is 13.4. The average molecular weight is 281 g/mol. The second kappa shape index (κ2) is 5.91. The maximum Gasteiger partial charge on any atom is 0.0611 e. The van der Waals surface area contributed by atoms with E-state index < -0.39 is 0 Å². The number of nitrogens with zero attached hydrogens (tertiary/aromatic N) is 2. The molecule has 2 heterocycles. The van der Waals surface area contributed by atoms with Gasteiger partial charge >= 0.3 is 0 Å². The molecule has 2 N–H and O–H groups in total. The maximum atomic E-state index is 9.77. The van der Waals surface area contributed by atoms with Crippen molar-refractivity contribution in [2.45, 2.75) is 69.6 Å². The van der Waals surface area contributed by atoms with E-state index in [4.69, 9.17) is 0 Å². The summed E-state index contributed by atoms with van der Waals surface area (Å²) in [5.41, 5.74) is -0.104. The zero-order valence-electron chi connectivity index (χ0n) is 13.1. The molecular formula is C16H31N3O. The van der Waals surface area contributed by atoms with Crippen molar-refractivity contribution in [2.24, 2.45) is 0 Å². The minimum Gasteiger partial charge on any atom is -0.394 e. The third-order valence-electron chi connectivity index (χ3n) is 5.47. The van der Waals surface area contributed by atoms with Crippen molar-refractivity contribution in [3.8, 4) is 0 Å². The molecule has 2 saturated heterocycles. The number of hydrogen-bond acceptors (Lipinski definition) is 4. The number of hydrogen-bond donors (Lipinski definition) is 2. The molecule has 3 aliphatic rings. The van der Waals surface area contributed by atoms with Crippen LogP contribution in [0.3, 0.4) is 0 Å². The lowest BCUT2D eigenvalue weighted by Crippen LogP contribution is -2.56. The zero-order chi connectivity index (χ0) is 14.2. The van der Waals surface area contributed by atoms with E-state index in [-0.39, 0.29) is 12.1 Å². The smallest absolute Gasteiger partial charge is 0.0611 e. The van der Waals surface area contributed by atoms with Crippen molar-refractivity contribution >= 4 is 0 Å². The lowest BCUT2D eigenvalue weighted by Gasteiger charge is -2.43. The van der Waals surface area contributed by atoms with Crippen LogP contribution < -0.4 is 5.32 Å². The zero-order valence-corrected chi connectivity index (χ0v) is 13.1. The molecule has 3 rings (SSSR count). The van der Waals surface area contributed by atoms with Crippen LogP contribution in [0.2, 0.25) is 0 Å². The molecule has 4 heteroatoms. The highest BCUT2D eigenvalue weighted by atomic mass is 16.3. The van der Waals surface area contributed by atoms with Crippen LogP contribution in [0.15, 0.2) is 0 Å². The predicted molar refractivity (Wildman–Crippen MR) is 81.9 cm³/mol. The minimum atomic E-state index is -0.104. The van der Waals surface area contributed by atoms with Gasteiger partial charge < -0.3 is 10.4 Å². The fourth-order valence-corrected chi connectivity index (χ4v) is 4.09. The lowest BCUT2D eigenvalue weighted by molar-refractivity contribution is 0.0535. The van der Waals surface area contributed by atoms with Gasteiger partial charge in [-0.15, -0.1) is 0 Å². The van der Waals surface area contributed by atoms with E-state index in [1.165, 1.54) is 51.9 Å². The average Bonchev–Trinajstić information content (AvgIpc) is 3.11. The molecule has 2 aliphatic heterocycles. The first kappa shape index (κ1) is 14.8. The van der Waals surface area contributed by atoms with Gasteiger partial charge in [-0.3, -0.25) is 9.80 Å². The van der Waals surface area contributed by atoms with Gasteiger partial charge in [0.1, 0.15) is 0 Å². The Morgan fingerprint density at radius 1 is 1.25 bits per heavy atom. The molecule has 0 spiro atoms. The van der Waals surface area contributed by atoms with E-state index in [9.17, 15) is 5.11 Å². The third-order valence-corrected chi connectivity index (χ3v) is 5.47. The molecule has 1 saturated carbocycles. The molecular weight excluding hydrogens is 250 g/mol. The van der Waals surface area contributed by atoms with Gasteiger partial charge in [-0.25, -0.2) is 0 Å². The summed E-state index contributed by atoms with van der Waals surface area (Å²) in [6.07, 6.45) is 6.37. The first-order valence-electron chi connectivity index (χ1n) is 8.46. The van der Waals surface area contributed by atoms with E-state index in [2.05, 4.69) is 29.0 Å². The van der Waals surface area contributed by atoms with Crippen molar-refractivity contribution in [1.29, 1.82) is 0 Å². The fraction of sp³-hybridized carbons (Fsp3) is 1.00. The second-order valence-corrected chi connectivity index (χ2v) is 7.52. The van der Waals surface area contributed by atoms with E-state index >= 15 is 0 Å². The Balaban J connectivity index is 1.53. The van der Waals surface area contributed by atoms with Crippen molar-refractivity contribution in [1.82, 2.24) is 15.1 Å². The molecule has 0 amide bonds. The summed E-state index contributed by atoms with van der Waals surface area (Å²) in [7, 11) is 0. The van der Waals surface area contributed by atoms with Crippen LogP contribution in [0, 0.1) is 0 Å². The van der Waals surface area contributed by atoms with E-state index in [0.29, 0.717) is 12.1 Å². The molecule has 0 radical (unpaired) electrons. The highest BCUT2D eigenvalue weighted by molar-refractivity contribution is 4.96. The van der Waals surface area contributed by atoms with Crippen LogP contribution in [-0.4, -0.2) is 71.4 Å². The largest absolute Gasteiger partial charge is 0.394 e. The fourth-order valence-electron chi connectivity index (χ4n) is 4.09. The number of aliphatic hydroxyl groups is 1. The maximum absolute atomic E-state index is 9.77. The summed E-state index contributed by atoms with van der Waals surface area (Å²) in [6.45, 7) is 9.75. The Kier molecular flexibility index (Phi) is 4.37. The van der Waals surface area contributed by atoms with Crippen LogP contribution in [0.25, 0.3) is 0 Å². The number of nitrogens with one attached hydrogen (secondary N) is 1. The number of rotatable bonds is 6. The van der Waals surface area contributed by atoms with Gasteiger partial charge in [-0.1, -0.05) is 0 Å². The summed E-state index contributed by atoms with van der Waals surface area (Å²) >= 11 is 0. The van der Waals surface area contributed by atoms with E-state index in [1.807, 2.05) is 0 Å². The normalized spacial score (nSPS) is 32.9. The van der Waals surface area contributed by atoms with Gasteiger partial charge in [0, 0.05) is 43.3 Å². The molecule has 0 bridgehead atoms. The van der Waals surface area contributed by atoms with Gasteiger partial charge in [0.15, 0.2) is 0 Å². The Morgan fingerprint density at radius 3 is 2.75 bits per heavy atom. The molecule has 116 valence electrons. The van der Waals surface area contributed by atoms with Gasteiger partial charge in [0.2, 0.25) is 0 Å². The van der Waals surface area contributed by atoms with Crippen molar-refractivity contribution in [2.75, 3.05) is 32.8 Å². The topological polar surface area (TPSA) is 38.7 Å². The van der Waals surface area contributed by atoms with Gasteiger partial charge in [0.05, 0.1) is 6.61 Å². The molecule has 4 nitrogen and oxygen atoms in total. The highest BCUT2D eigenvalue weighted by Crippen LogP contribution is 2.27. The van der Waals surface area contributed by atoms with Crippen LogP contribution in [-0.2, 0) is 0 Å². The molecule has 0 aromatic rings. The highest BCUT2D eigenvalue weighted by Gasteiger charge is 2.37. The summed E-state index contributed by atoms with van der Waals surface area (Å²) < 4.78 is 0. The minimum absolute atomic E-state index is 0.104. The molecule has 3 fully saturated rings. The van der Waals surface area contributed by atoms with Crippen LogP contribution in [0.5, 0.6) is 0 Å². The van der Waals surface area contributed by atoms with Crippen LogP contribution in [0.1, 0.15) is 46.0 Å². The number of fused-ring (bicyclic) bond motifs is 1. The molecule has 20 heavy (non-hydrogen) atoms. The van der Waals surface area contributed by atoms with E-state index in [1.54, 1.807) is 0 Å². The SMILES string of the molecule is CC(CC(C)(CO)NC1CC1)N1CCN2CCCC2C1. The lowest BCUT2D eigenvalue weighted by atomic mass is 9.92. The quantitative estimate of drug-likeness (QED) is 0.763. The van der Waals surface area contributed by atoms with Crippen molar-refractivity contribution in [3.05, 3.63) is 0 Å². The molecule has 0 aromatic carbocycles. The Labute approximate surface area is 123 Å². The van der Waals surface area contributed by atoms with Gasteiger partial charge in [0.25, 0.3) is 0 Å². The Hall–Kier alpha value is -0.160. The molecule has 3 unspecified atom stereocenters. The number of aliphatic hydroxyl groups excluding tert-OH is 1. The first-order valence-corrected chi connectivity index (χ1v) is 8.46. The first-order chi connectivity index (χ1) is 9.59.